The first-order valence-electron chi connectivity index (χ1n) is 21.0. The highest BCUT2D eigenvalue weighted by atomic mass is 31.2. The van der Waals surface area contributed by atoms with Crippen LogP contribution in [0, 0.1) is 0 Å². The van der Waals surface area contributed by atoms with Gasteiger partial charge in [0.2, 0.25) is 0 Å². The summed E-state index contributed by atoms with van der Waals surface area (Å²) in [6, 6.07) is 0. The van der Waals surface area contributed by atoms with Gasteiger partial charge in [-0.1, -0.05) is 153 Å². The van der Waals surface area contributed by atoms with Crippen LogP contribution in [0.2, 0.25) is 0 Å². The second kappa shape index (κ2) is 38.9. The van der Waals surface area contributed by atoms with E-state index in [1.807, 2.05) is 12.2 Å². The van der Waals surface area contributed by atoms with Crippen LogP contribution in [0.15, 0.2) is 36.5 Å². The van der Waals surface area contributed by atoms with Crippen molar-refractivity contribution in [3.8, 4) is 0 Å². The lowest BCUT2D eigenvalue weighted by Crippen LogP contribution is -2.29. The average Bonchev–Trinajstić information content (AvgIpc) is 3.13. The number of phosphoric acid groups is 1. The van der Waals surface area contributed by atoms with E-state index in [1.165, 1.54) is 103 Å². The van der Waals surface area contributed by atoms with E-state index in [-0.39, 0.29) is 32.6 Å². The second-order valence-electron chi connectivity index (χ2n) is 13.8. The van der Waals surface area contributed by atoms with Crippen LogP contribution in [0.3, 0.4) is 0 Å². The van der Waals surface area contributed by atoms with E-state index >= 15 is 0 Å². The van der Waals surface area contributed by atoms with Crippen LogP contribution >= 0.6 is 7.82 Å². The number of nitrogens with two attached hydrogens (primary N) is 1. The largest absolute Gasteiger partial charge is 0.472 e. The Bertz CT molecular complexity index is 954. The van der Waals surface area contributed by atoms with Crippen LogP contribution in [-0.4, -0.2) is 49.3 Å². The van der Waals surface area contributed by atoms with Crippen molar-refractivity contribution in [1.82, 2.24) is 0 Å². The Kier molecular flexibility index (Phi) is 37.6. The summed E-state index contributed by atoms with van der Waals surface area (Å²) in [5.74, 6) is -0.915. The van der Waals surface area contributed by atoms with Crippen molar-refractivity contribution in [2.24, 2.45) is 5.73 Å². The monoisotopic (exact) mass is 756 g/mol. The minimum Gasteiger partial charge on any atom is -0.462 e. The predicted molar refractivity (Wildman–Crippen MR) is 215 cm³/mol. The third-order valence-electron chi connectivity index (χ3n) is 8.76. The topological polar surface area (TPSA) is 134 Å². The van der Waals surface area contributed by atoms with Gasteiger partial charge in [-0.25, -0.2) is 4.57 Å². The minimum absolute atomic E-state index is 0.0445. The van der Waals surface area contributed by atoms with E-state index in [0.29, 0.717) is 12.8 Å². The SMILES string of the molecule is CCCCCCCC/C=C/C/C=C/CCC(=O)OC(COC(=O)CCCCCCC/C=C/CCCCCCCCCCC)COP(=O)(O)OCCN. The number of esters is 2. The molecule has 3 N–H and O–H groups in total. The fourth-order valence-corrected chi connectivity index (χ4v) is 6.39. The summed E-state index contributed by atoms with van der Waals surface area (Å²) >= 11 is 0. The molecule has 0 aromatic rings. The normalized spacial score (nSPS) is 13.7. The Hall–Kier alpha value is -1.77. The summed E-state index contributed by atoms with van der Waals surface area (Å²) in [7, 11) is -4.39. The van der Waals surface area contributed by atoms with Gasteiger partial charge in [0, 0.05) is 19.4 Å². The van der Waals surface area contributed by atoms with Gasteiger partial charge in [-0.2, -0.15) is 0 Å². The molecule has 0 spiro atoms. The van der Waals surface area contributed by atoms with E-state index in [9.17, 15) is 19.0 Å². The summed E-state index contributed by atoms with van der Waals surface area (Å²) in [5.41, 5.74) is 5.33. The lowest BCUT2D eigenvalue weighted by atomic mass is 10.1. The van der Waals surface area contributed by atoms with Crippen molar-refractivity contribution in [2.75, 3.05) is 26.4 Å². The molecule has 0 fully saturated rings. The highest BCUT2D eigenvalue weighted by molar-refractivity contribution is 7.47. The van der Waals surface area contributed by atoms with Crippen molar-refractivity contribution >= 4 is 19.8 Å². The maximum absolute atomic E-state index is 12.5. The number of hydrogen-bond acceptors (Lipinski definition) is 8. The molecule has 0 saturated heterocycles. The molecule has 0 radical (unpaired) electrons. The van der Waals surface area contributed by atoms with Gasteiger partial charge in [-0.15, -0.1) is 0 Å². The lowest BCUT2D eigenvalue weighted by Gasteiger charge is -2.19. The van der Waals surface area contributed by atoms with Gasteiger partial charge >= 0.3 is 19.8 Å². The van der Waals surface area contributed by atoms with Crippen LogP contribution < -0.4 is 5.73 Å². The minimum atomic E-state index is -4.39. The number of allylic oxidation sites excluding steroid dienone is 6. The molecule has 0 rings (SSSR count). The number of carbonyl (C=O) groups excluding carboxylic acids is 2. The van der Waals surface area contributed by atoms with Gasteiger partial charge < -0.3 is 20.1 Å². The van der Waals surface area contributed by atoms with Gasteiger partial charge in [-0.3, -0.25) is 18.6 Å². The summed E-state index contributed by atoms with van der Waals surface area (Å²) in [4.78, 5) is 34.7. The van der Waals surface area contributed by atoms with Crippen LogP contribution in [0.25, 0.3) is 0 Å². The van der Waals surface area contributed by atoms with Gasteiger partial charge in [-0.05, 0) is 57.8 Å². The highest BCUT2D eigenvalue weighted by Gasteiger charge is 2.25. The Morgan fingerprint density at radius 3 is 1.56 bits per heavy atom. The zero-order valence-electron chi connectivity index (χ0n) is 33.3. The lowest BCUT2D eigenvalue weighted by molar-refractivity contribution is -0.161. The fourth-order valence-electron chi connectivity index (χ4n) is 5.62. The van der Waals surface area contributed by atoms with Crippen LogP contribution in [0.4, 0.5) is 0 Å². The molecule has 304 valence electrons. The molecular formula is C42H78NO8P. The fraction of sp³-hybridized carbons (Fsp3) is 0.810. The molecule has 10 heteroatoms. The second-order valence-corrected chi connectivity index (χ2v) is 15.3. The van der Waals surface area contributed by atoms with Gasteiger partial charge in [0.1, 0.15) is 6.61 Å². The summed E-state index contributed by atoms with van der Waals surface area (Å²) in [5, 5.41) is 0. The van der Waals surface area contributed by atoms with E-state index in [2.05, 4.69) is 38.2 Å². The first-order chi connectivity index (χ1) is 25.3. The highest BCUT2D eigenvalue weighted by Crippen LogP contribution is 2.43. The predicted octanol–water partition coefficient (Wildman–Crippen LogP) is 11.8. The molecule has 9 nitrogen and oxygen atoms in total. The molecule has 0 bridgehead atoms. The molecule has 0 saturated carbocycles. The summed E-state index contributed by atoms with van der Waals surface area (Å²) < 4.78 is 32.6. The zero-order chi connectivity index (χ0) is 38.2. The Morgan fingerprint density at radius 2 is 1.04 bits per heavy atom. The number of carbonyl (C=O) groups is 2. The maximum Gasteiger partial charge on any atom is 0.472 e. The maximum atomic E-state index is 12.5. The third kappa shape index (κ3) is 38.0. The Balaban J connectivity index is 4.22. The quantitative estimate of drug-likeness (QED) is 0.0272. The summed E-state index contributed by atoms with van der Waals surface area (Å²) in [6.07, 6.45) is 41.9. The molecule has 0 aliphatic carbocycles. The van der Waals surface area contributed by atoms with E-state index in [1.54, 1.807) is 0 Å². The average molecular weight is 756 g/mol. The van der Waals surface area contributed by atoms with Crippen LogP contribution in [0.5, 0.6) is 0 Å². The van der Waals surface area contributed by atoms with Crippen molar-refractivity contribution in [3.05, 3.63) is 36.5 Å². The first kappa shape index (κ1) is 50.2. The standard InChI is InChI=1S/C42H78NO8P/c1-3-5-7-9-11-13-15-17-18-19-20-21-23-24-26-28-30-32-34-41(44)48-38-40(39-50-52(46,47)49-37-36-43)51-42(45)35-33-31-29-27-25-22-16-14-12-10-8-6-4-2/h20-22,25,29,31,40H,3-19,23-24,26-28,30,32-39,43H2,1-2H3,(H,46,47)/b21-20+,25-22+,31-29+. The molecule has 0 aliphatic heterocycles. The zero-order valence-corrected chi connectivity index (χ0v) is 34.2. The van der Waals surface area contributed by atoms with Crippen molar-refractivity contribution in [2.45, 2.75) is 193 Å². The number of hydrogen-bond donors (Lipinski definition) is 2. The van der Waals surface area contributed by atoms with Crippen molar-refractivity contribution in [1.29, 1.82) is 0 Å². The number of unbranched alkanes of at least 4 members (excludes halogenated alkanes) is 20. The molecule has 2 atom stereocenters. The molecule has 0 heterocycles. The first-order valence-corrected chi connectivity index (χ1v) is 22.5. The number of phosphoric ester groups is 1. The van der Waals surface area contributed by atoms with Gasteiger partial charge in [0.25, 0.3) is 0 Å². The van der Waals surface area contributed by atoms with E-state index in [4.69, 9.17) is 24.3 Å². The Labute approximate surface area is 318 Å². The molecule has 0 aliphatic rings. The number of ether oxygens (including phenoxy) is 2. The molecular weight excluding hydrogens is 677 g/mol. The van der Waals surface area contributed by atoms with Crippen LogP contribution in [0.1, 0.15) is 187 Å². The van der Waals surface area contributed by atoms with Crippen LogP contribution in [-0.2, 0) is 32.7 Å². The molecule has 52 heavy (non-hydrogen) atoms. The van der Waals surface area contributed by atoms with Crippen molar-refractivity contribution < 1.29 is 37.6 Å². The van der Waals surface area contributed by atoms with Gasteiger partial charge in [0.05, 0.1) is 13.2 Å². The molecule has 0 amide bonds. The van der Waals surface area contributed by atoms with E-state index in [0.717, 1.165) is 44.9 Å². The Morgan fingerprint density at radius 1 is 0.577 bits per heavy atom. The van der Waals surface area contributed by atoms with Crippen molar-refractivity contribution in [3.63, 3.8) is 0 Å². The van der Waals surface area contributed by atoms with Gasteiger partial charge in [0.15, 0.2) is 6.10 Å². The smallest absolute Gasteiger partial charge is 0.462 e. The molecule has 0 aromatic carbocycles. The van der Waals surface area contributed by atoms with E-state index < -0.39 is 32.5 Å². The summed E-state index contributed by atoms with van der Waals surface area (Å²) in [6.45, 7) is 3.65. The third-order valence-corrected chi connectivity index (χ3v) is 9.75. The molecule has 2 unspecified atom stereocenters. The molecule has 0 aromatic heterocycles. The number of rotatable bonds is 39.